The van der Waals surface area contributed by atoms with Gasteiger partial charge in [0.1, 0.15) is 5.82 Å². The van der Waals surface area contributed by atoms with Gasteiger partial charge in [0, 0.05) is 70.2 Å². The van der Waals surface area contributed by atoms with E-state index >= 15 is 0 Å². The largest absolute Gasteiger partial charge is 0.341 e. The second-order valence-electron chi connectivity index (χ2n) is 8.21. The fourth-order valence-corrected chi connectivity index (χ4v) is 4.38. The molecule has 0 radical (unpaired) electrons. The van der Waals surface area contributed by atoms with Gasteiger partial charge in [-0.05, 0) is 24.1 Å². The molecular weight excluding hydrogens is 402 g/mol. The van der Waals surface area contributed by atoms with Crippen LogP contribution in [0.1, 0.15) is 24.2 Å². The van der Waals surface area contributed by atoms with Gasteiger partial charge in [0.25, 0.3) is 0 Å². The van der Waals surface area contributed by atoms with E-state index in [1.54, 1.807) is 4.90 Å². The first-order valence-corrected chi connectivity index (χ1v) is 10.9. The van der Waals surface area contributed by atoms with E-state index in [1.165, 1.54) is 0 Å². The van der Waals surface area contributed by atoms with E-state index in [1.807, 2.05) is 53.2 Å². The van der Waals surface area contributed by atoms with Crippen LogP contribution < -0.4 is 0 Å². The van der Waals surface area contributed by atoms with E-state index in [0.717, 1.165) is 44.0 Å². The number of halogens is 1. The van der Waals surface area contributed by atoms with Gasteiger partial charge in [-0.25, -0.2) is 4.98 Å². The number of rotatable bonds is 5. The normalized spacial score (nSPS) is 20.6. The van der Waals surface area contributed by atoms with E-state index in [-0.39, 0.29) is 17.7 Å². The Balaban J connectivity index is 1.31. The number of carbonyl (C=O) groups excluding carboxylic acids is 2. The number of imidazole rings is 1. The first-order valence-electron chi connectivity index (χ1n) is 10.5. The molecule has 8 heteroatoms. The number of hydrogen-bond acceptors (Lipinski definition) is 4. The second-order valence-corrected chi connectivity index (χ2v) is 8.65. The van der Waals surface area contributed by atoms with E-state index < -0.39 is 0 Å². The molecule has 1 atom stereocenters. The SMILES string of the molecule is Cn1ccnc1CN1CCCN(C(=O)C2CC(=O)N(Cc3ccc(Cl)cc3)C2)CC1. The lowest BCUT2D eigenvalue weighted by Crippen LogP contribution is -2.39. The molecule has 4 rings (SSSR count). The summed E-state index contributed by atoms with van der Waals surface area (Å²) in [6.07, 6.45) is 5.01. The number of carbonyl (C=O) groups is 2. The average Bonchev–Trinajstić information content (AvgIpc) is 3.21. The van der Waals surface area contributed by atoms with Crippen molar-refractivity contribution in [3.63, 3.8) is 0 Å². The Morgan fingerprint density at radius 2 is 1.93 bits per heavy atom. The minimum atomic E-state index is -0.245. The van der Waals surface area contributed by atoms with Crippen molar-refractivity contribution < 1.29 is 9.59 Å². The van der Waals surface area contributed by atoms with Gasteiger partial charge in [0.2, 0.25) is 11.8 Å². The van der Waals surface area contributed by atoms with Gasteiger partial charge in [-0.3, -0.25) is 14.5 Å². The van der Waals surface area contributed by atoms with Crippen LogP contribution in [0.2, 0.25) is 5.02 Å². The summed E-state index contributed by atoms with van der Waals surface area (Å²) in [7, 11) is 2.00. The highest BCUT2D eigenvalue weighted by atomic mass is 35.5. The lowest BCUT2D eigenvalue weighted by Gasteiger charge is -2.24. The van der Waals surface area contributed by atoms with Crippen LogP contribution in [0.5, 0.6) is 0 Å². The molecule has 1 aromatic carbocycles. The van der Waals surface area contributed by atoms with E-state index in [0.29, 0.717) is 31.1 Å². The summed E-state index contributed by atoms with van der Waals surface area (Å²) in [6, 6.07) is 7.51. The number of amides is 2. The monoisotopic (exact) mass is 429 g/mol. The summed E-state index contributed by atoms with van der Waals surface area (Å²) < 4.78 is 2.03. The highest BCUT2D eigenvalue weighted by molar-refractivity contribution is 6.30. The molecule has 0 aliphatic carbocycles. The lowest BCUT2D eigenvalue weighted by molar-refractivity contribution is -0.135. The molecular formula is C22H28ClN5O2. The average molecular weight is 430 g/mol. The molecule has 7 nitrogen and oxygen atoms in total. The zero-order valence-corrected chi connectivity index (χ0v) is 18.1. The van der Waals surface area contributed by atoms with Crippen molar-refractivity contribution in [2.24, 2.45) is 13.0 Å². The first-order chi connectivity index (χ1) is 14.5. The van der Waals surface area contributed by atoms with Crippen LogP contribution in [0.15, 0.2) is 36.7 Å². The number of aryl methyl sites for hydroxylation is 1. The van der Waals surface area contributed by atoms with Crippen LogP contribution in [0.25, 0.3) is 0 Å². The molecule has 0 bridgehead atoms. The Bertz CT molecular complexity index is 897. The number of likely N-dealkylation sites (tertiary alicyclic amines) is 1. The number of benzene rings is 1. The molecule has 1 aromatic heterocycles. The maximum absolute atomic E-state index is 13.1. The minimum Gasteiger partial charge on any atom is -0.341 e. The van der Waals surface area contributed by atoms with Gasteiger partial charge >= 0.3 is 0 Å². The third-order valence-electron chi connectivity index (χ3n) is 6.04. The Labute approximate surface area is 182 Å². The molecule has 2 aliphatic rings. The van der Waals surface area contributed by atoms with Gasteiger partial charge in [0.15, 0.2) is 0 Å². The molecule has 1 unspecified atom stereocenters. The van der Waals surface area contributed by atoms with Crippen molar-refractivity contribution in [1.82, 2.24) is 24.3 Å². The number of nitrogens with zero attached hydrogens (tertiary/aromatic N) is 5. The topological polar surface area (TPSA) is 61.7 Å². The second kappa shape index (κ2) is 9.18. The van der Waals surface area contributed by atoms with Crippen molar-refractivity contribution in [3.8, 4) is 0 Å². The van der Waals surface area contributed by atoms with Crippen LogP contribution in [-0.2, 0) is 29.7 Å². The summed E-state index contributed by atoms with van der Waals surface area (Å²) in [6.45, 7) is 5.03. The Hall–Kier alpha value is -2.38. The molecule has 3 heterocycles. The van der Waals surface area contributed by atoms with Crippen molar-refractivity contribution in [3.05, 3.63) is 53.1 Å². The highest BCUT2D eigenvalue weighted by Gasteiger charge is 2.36. The number of aromatic nitrogens is 2. The van der Waals surface area contributed by atoms with Gasteiger partial charge < -0.3 is 14.4 Å². The molecule has 0 N–H and O–H groups in total. The van der Waals surface area contributed by atoms with Crippen LogP contribution >= 0.6 is 11.6 Å². The van der Waals surface area contributed by atoms with Crippen LogP contribution in [0, 0.1) is 5.92 Å². The van der Waals surface area contributed by atoms with Crippen molar-refractivity contribution in [2.45, 2.75) is 25.9 Å². The van der Waals surface area contributed by atoms with Crippen molar-refractivity contribution >= 4 is 23.4 Å². The van der Waals surface area contributed by atoms with Gasteiger partial charge in [-0.15, -0.1) is 0 Å². The summed E-state index contributed by atoms with van der Waals surface area (Å²) in [4.78, 5) is 36.1. The Morgan fingerprint density at radius 1 is 1.13 bits per heavy atom. The van der Waals surface area contributed by atoms with E-state index in [4.69, 9.17) is 11.6 Å². The van der Waals surface area contributed by atoms with Crippen LogP contribution in [0.3, 0.4) is 0 Å². The predicted molar refractivity (Wildman–Crippen MR) is 115 cm³/mol. The third-order valence-corrected chi connectivity index (χ3v) is 6.29. The predicted octanol–water partition coefficient (Wildman–Crippen LogP) is 2.16. The smallest absolute Gasteiger partial charge is 0.228 e. The molecule has 0 spiro atoms. The lowest BCUT2D eigenvalue weighted by atomic mass is 10.1. The van der Waals surface area contributed by atoms with E-state index in [2.05, 4.69) is 9.88 Å². The molecule has 2 aromatic rings. The quantitative estimate of drug-likeness (QED) is 0.730. The zero-order chi connectivity index (χ0) is 21.1. The van der Waals surface area contributed by atoms with E-state index in [9.17, 15) is 9.59 Å². The maximum Gasteiger partial charge on any atom is 0.228 e. The van der Waals surface area contributed by atoms with Crippen molar-refractivity contribution in [1.29, 1.82) is 0 Å². The van der Waals surface area contributed by atoms with Gasteiger partial charge in [-0.2, -0.15) is 0 Å². The molecule has 160 valence electrons. The Morgan fingerprint density at radius 3 is 2.67 bits per heavy atom. The fraction of sp³-hybridized carbons (Fsp3) is 0.500. The summed E-state index contributed by atoms with van der Waals surface area (Å²) in [5.41, 5.74) is 1.03. The summed E-state index contributed by atoms with van der Waals surface area (Å²) in [5, 5.41) is 0.678. The molecule has 2 fully saturated rings. The van der Waals surface area contributed by atoms with Gasteiger partial charge in [0.05, 0.1) is 12.5 Å². The molecule has 2 amide bonds. The molecule has 30 heavy (non-hydrogen) atoms. The molecule has 0 saturated carbocycles. The summed E-state index contributed by atoms with van der Waals surface area (Å²) in [5.74, 6) is 0.954. The molecule has 2 aliphatic heterocycles. The standard InChI is InChI=1S/C22H28ClN5O2/c1-25-10-7-24-20(25)16-26-8-2-9-27(12-11-26)22(30)18-13-21(29)28(15-18)14-17-3-5-19(23)6-4-17/h3-7,10,18H,2,8-9,11-16H2,1H3. The highest BCUT2D eigenvalue weighted by Crippen LogP contribution is 2.23. The zero-order valence-electron chi connectivity index (χ0n) is 17.3. The summed E-state index contributed by atoms with van der Waals surface area (Å²) >= 11 is 5.94. The van der Waals surface area contributed by atoms with Gasteiger partial charge in [-0.1, -0.05) is 23.7 Å². The maximum atomic E-state index is 13.1. The number of hydrogen-bond donors (Lipinski definition) is 0. The van der Waals surface area contributed by atoms with Crippen LogP contribution in [0.4, 0.5) is 0 Å². The Kier molecular flexibility index (Phi) is 6.39. The van der Waals surface area contributed by atoms with Crippen molar-refractivity contribution in [2.75, 3.05) is 32.7 Å². The fourth-order valence-electron chi connectivity index (χ4n) is 4.26. The first kappa shape index (κ1) is 20.9. The molecule has 2 saturated heterocycles. The van der Waals surface area contributed by atoms with Crippen LogP contribution in [-0.4, -0.2) is 68.8 Å². The third kappa shape index (κ3) is 4.84. The minimum absolute atomic E-state index is 0.0505.